The average molecular weight is 377 g/mol. The van der Waals surface area contributed by atoms with Gasteiger partial charge in [-0.3, -0.25) is 4.79 Å². The Morgan fingerprint density at radius 1 is 1.15 bits per heavy atom. The first-order chi connectivity index (χ1) is 12.7. The van der Waals surface area contributed by atoms with E-state index in [1.807, 2.05) is 13.1 Å². The van der Waals surface area contributed by atoms with Gasteiger partial charge < -0.3 is 19.9 Å². The third-order valence-electron chi connectivity index (χ3n) is 4.81. The summed E-state index contributed by atoms with van der Waals surface area (Å²) in [6.07, 6.45) is 0.849. The van der Waals surface area contributed by atoms with E-state index in [-0.39, 0.29) is 24.7 Å². The standard InChI is InChI=1S/C21H28FNO4/c1-13(2)23-12-20(15-4-6-16(22)7-5-15)19(14(23)3)9-8-17(24)10-18(25)11-21(26)27/h4-7,12-13,17-18,24-25H,8-11H2,1-3H3,(H,26,27). The van der Waals surface area contributed by atoms with Gasteiger partial charge in [0.1, 0.15) is 5.82 Å². The summed E-state index contributed by atoms with van der Waals surface area (Å²) in [4.78, 5) is 10.6. The summed E-state index contributed by atoms with van der Waals surface area (Å²) in [6.45, 7) is 6.19. The molecule has 0 aliphatic carbocycles. The van der Waals surface area contributed by atoms with Crippen molar-refractivity contribution in [2.75, 3.05) is 0 Å². The fourth-order valence-electron chi connectivity index (χ4n) is 3.42. The predicted molar refractivity (Wildman–Crippen MR) is 102 cm³/mol. The van der Waals surface area contributed by atoms with Crippen LogP contribution in [-0.4, -0.2) is 38.1 Å². The van der Waals surface area contributed by atoms with Crippen molar-refractivity contribution >= 4 is 5.97 Å². The molecule has 0 radical (unpaired) electrons. The van der Waals surface area contributed by atoms with Crippen molar-refractivity contribution in [2.24, 2.45) is 0 Å². The number of hydrogen-bond acceptors (Lipinski definition) is 3. The van der Waals surface area contributed by atoms with Crippen molar-refractivity contribution in [3.63, 3.8) is 0 Å². The fourth-order valence-corrected chi connectivity index (χ4v) is 3.42. The van der Waals surface area contributed by atoms with Gasteiger partial charge in [-0.2, -0.15) is 0 Å². The van der Waals surface area contributed by atoms with Gasteiger partial charge in [-0.05, 0) is 63.3 Å². The first-order valence-corrected chi connectivity index (χ1v) is 9.23. The third-order valence-corrected chi connectivity index (χ3v) is 4.81. The minimum Gasteiger partial charge on any atom is -0.481 e. The van der Waals surface area contributed by atoms with Gasteiger partial charge in [-0.1, -0.05) is 12.1 Å². The van der Waals surface area contributed by atoms with E-state index in [0.29, 0.717) is 12.8 Å². The number of benzene rings is 1. The van der Waals surface area contributed by atoms with E-state index < -0.39 is 18.2 Å². The summed E-state index contributed by atoms with van der Waals surface area (Å²) >= 11 is 0. The monoisotopic (exact) mass is 377 g/mol. The predicted octanol–water partition coefficient (Wildman–Crippen LogP) is 3.70. The molecule has 148 valence electrons. The lowest BCUT2D eigenvalue weighted by Crippen LogP contribution is -2.21. The first kappa shape index (κ1) is 21.1. The Labute approximate surface area is 159 Å². The van der Waals surface area contributed by atoms with Crippen molar-refractivity contribution in [1.82, 2.24) is 4.57 Å². The van der Waals surface area contributed by atoms with Gasteiger partial charge in [0.25, 0.3) is 0 Å². The number of halogens is 1. The minimum atomic E-state index is -1.09. The molecule has 2 atom stereocenters. The van der Waals surface area contributed by atoms with Crippen LogP contribution >= 0.6 is 0 Å². The molecule has 6 heteroatoms. The number of carbonyl (C=O) groups is 1. The molecule has 5 nitrogen and oxygen atoms in total. The van der Waals surface area contributed by atoms with Crippen molar-refractivity contribution < 1.29 is 24.5 Å². The third kappa shape index (κ3) is 5.65. The average Bonchev–Trinajstić information content (AvgIpc) is 2.89. The van der Waals surface area contributed by atoms with Gasteiger partial charge >= 0.3 is 5.97 Å². The molecule has 0 spiro atoms. The Hall–Kier alpha value is -2.18. The Morgan fingerprint density at radius 3 is 2.33 bits per heavy atom. The second-order valence-corrected chi connectivity index (χ2v) is 7.29. The molecule has 0 aliphatic rings. The largest absolute Gasteiger partial charge is 0.481 e. The summed E-state index contributed by atoms with van der Waals surface area (Å²) in [6, 6.07) is 6.60. The van der Waals surface area contributed by atoms with Crippen molar-refractivity contribution in [3.05, 3.63) is 47.5 Å². The SMILES string of the molecule is Cc1c(CCC(O)CC(O)CC(=O)O)c(-c2ccc(F)cc2)cn1C(C)C. The highest BCUT2D eigenvalue weighted by Crippen LogP contribution is 2.31. The van der Waals surface area contributed by atoms with Crippen LogP contribution in [0.15, 0.2) is 30.5 Å². The number of aliphatic carboxylic acids is 1. The molecule has 0 amide bonds. The van der Waals surface area contributed by atoms with Gasteiger partial charge in [0.05, 0.1) is 18.6 Å². The second kappa shape index (κ2) is 9.15. The zero-order valence-corrected chi connectivity index (χ0v) is 16.0. The Balaban J connectivity index is 2.19. The molecular formula is C21H28FNO4. The maximum absolute atomic E-state index is 13.3. The number of aliphatic hydroxyl groups is 2. The molecule has 2 unspecified atom stereocenters. The van der Waals surface area contributed by atoms with Crippen LogP contribution < -0.4 is 0 Å². The summed E-state index contributed by atoms with van der Waals surface area (Å²) in [5.74, 6) is -1.37. The molecule has 2 aromatic rings. The summed E-state index contributed by atoms with van der Waals surface area (Å²) in [5, 5.41) is 28.6. The molecule has 1 aromatic heterocycles. The van der Waals surface area contributed by atoms with Crippen molar-refractivity contribution in [2.45, 2.75) is 64.7 Å². The lowest BCUT2D eigenvalue weighted by Gasteiger charge is -2.15. The molecule has 0 saturated carbocycles. The molecule has 2 rings (SSSR count). The highest BCUT2D eigenvalue weighted by atomic mass is 19.1. The fraction of sp³-hybridized carbons (Fsp3) is 0.476. The summed E-state index contributed by atoms with van der Waals surface area (Å²) in [7, 11) is 0. The number of carboxylic acid groups (broad SMARTS) is 1. The van der Waals surface area contributed by atoms with Crippen LogP contribution in [0.2, 0.25) is 0 Å². The van der Waals surface area contributed by atoms with E-state index in [1.165, 1.54) is 12.1 Å². The van der Waals surface area contributed by atoms with E-state index in [0.717, 1.165) is 22.4 Å². The lowest BCUT2D eigenvalue weighted by atomic mass is 9.96. The molecule has 0 bridgehead atoms. The van der Waals surface area contributed by atoms with E-state index in [4.69, 9.17) is 5.11 Å². The van der Waals surface area contributed by atoms with Gasteiger partial charge in [0.2, 0.25) is 0 Å². The summed E-state index contributed by atoms with van der Waals surface area (Å²) < 4.78 is 15.4. The number of aliphatic hydroxyl groups excluding tert-OH is 2. The summed E-state index contributed by atoms with van der Waals surface area (Å²) in [5.41, 5.74) is 4.07. The molecule has 0 fully saturated rings. The van der Waals surface area contributed by atoms with E-state index >= 15 is 0 Å². The molecule has 0 aliphatic heterocycles. The molecule has 27 heavy (non-hydrogen) atoms. The molecule has 1 aromatic carbocycles. The molecular weight excluding hydrogens is 349 g/mol. The van der Waals surface area contributed by atoms with Crippen LogP contribution in [0.4, 0.5) is 4.39 Å². The van der Waals surface area contributed by atoms with Crippen LogP contribution in [0, 0.1) is 12.7 Å². The van der Waals surface area contributed by atoms with Gasteiger partial charge in [-0.15, -0.1) is 0 Å². The number of nitrogens with zero attached hydrogens (tertiary/aromatic N) is 1. The number of hydrogen-bond donors (Lipinski definition) is 3. The van der Waals surface area contributed by atoms with Gasteiger partial charge in [0, 0.05) is 23.5 Å². The van der Waals surface area contributed by atoms with E-state index in [1.54, 1.807) is 12.1 Å². The Bertz CT molecular complexity index is 767. The normalized spacial score (nSPS) is 13.7. The lowest BCUT2D eigenvalue weighted by molar-refractivity contribution is -0.139. The van der Waals surface area contributed by atoms with Crippen LogP contribution in [0.25, 0.3) is 11.1 Å². The zero-order chi connectivity index (χ0) is 20.1. The van der Waals surface area contributed by atoms with Crippen LogP contribution in [-0.2, 0) is 11.2 Å². The van der Waals surface area contributed by atoms with Crippen molar-refractivity contribution in [3.8, 4) is 11.1 Å². The van der Waals surface area contributed by atoms with Gasteiger partial charge in [-0.25, -0.2) is 4.39 Å². The topological polar surface area (TPSA) is 82.7 Å². The number of aromatic nitrogens is 1. The van der Waals surface area contributed by atoms with Crippen LogP contribution in [0.3, 0.4) is 0 Å². The van der Waals surface area contributed by atoms with E-state index in [2.05, 4.69) is 18.4 Å². The van der Waals surface area contributed by atoms with Gasteiger partial charge in [0.15, 0.2) is 0 Å². The van der Waals surface area contributed by atoms with Crippen LogP contribution in [0.1, 0.15) is 50.4 Å². The molecule has 3 N–H and O–H groups in total. The maximum atomic E-state index is 13.3. The van der Waals surface area contributed by atoms with Crippen LogP contribution in [0.5, 0.6) is 0 Å². The quantitative estimate of drug-likeness (QED) is 0.622. The second-order valence-electron chi connectivity index (χ2n) is 7.29. The smallest absolute Gasteiger partial charge is 0.305 e. The Kier molecular flexibility index (Phi) is 7.16. The minimum absolute atomic E-state index is 0.0299. The highest BCUT2D eigenvalue weighted by Gasteiger charge is 2.19. The number of rotatable bonds is 9. The zero-order valence-electron chi connectivity index (χ0n) is 16.0. The van der Waals surface area contributed by atoms with Crippen molar-refractivity contribution in [1.29, 1.82) is 0 Å². The maximum Gasteiger partial charge on any atom is 0.305 e. The molecule has 1 heterocycles. The number of carboxylic acids is 1. The highest BCUT2D eigenvalue weighted by molar-refractivity contribution is 5.68. The molecule has 0 saturated heterocycles. The first-order valence-electron chi connectivity index (χ1n) is 9.23. The Morgan fingerprint density at radius 2 is 1.78 bits per heavy atom. The van der Waals surface area contributed by atoms with E-state index in [9.17, 15) is 19.4 Å².